The molecule has 2 N–H and O–H groups in total. The van der Waals surface area contributed by atoms with E-state index in [2.05, 4.69) is 4.72 Å². The summed E-state index contributed by atoms with van der Waals surface area (Å²) in [5.74, 6) is 0.147. The fraction of sp³-hybridized carbons (Fsp3) is 0.455. The third kappa shape index (κ3) is 4.53. The van der Waals surface area contributed by atoms with Crippen LogP contribution in [0, 0.1) is 5.92 Å². The van der Waals surface area contributed by atoms with Crippen LogP contribution in [0.2, 0.25) is 0 Å². The van der Waals surface area contributed by atoms with Crippen LogP contribution in [0.4, 0.5) is 5.69 Å². The molecule has 6 heteroatoms. The van der Waals surface area contributed by atoms with Gasteiger partial charge < -0.3 is 5.11 Å². The Morgan fingerprint density at radius 2 is 2.06 bits per heavy atom. The number of aliphatic hydroxyl groups is 1. The smallest absolute Gasteiger partial charge is 0.233 e. The van der Waals surface area contributed by atoms with E-state index in [9.17, 15) is 8.42 Å². The van der Waals surface area contributed by atoms with Crippen LogP contribution >= 0.6 is 11.6 Å². The van der Waals surface area contributed by atoms with Crippen LogP contribution in [0.1, 0.15) is 12.5 Å². The first-order chi connectivity index (χ1) is 7.98. The number of sulfonamides is 1. The summed E-state index contributed by atoms with van der Waals surface area (Å²) in [4.78, 5) is 0. The first kappa shape index (κ1) is 14.3. The van der Waals surface area contributed by atoms with Crippen LogP contribution in [0.3, 0.4) is 0 Å². The van der Waals surface area contributed by atoms with E-state index in [0.29, 0.717) is 17.1 Å². The van der Waals surface area contributed by atoms with Gasteiger partial charge in [0.05, 0.1) is 18.0 Å². The minimum Gasteiger partial charge on any atom is -0.392 e. The Kier molecular flexibility index (Phi) is 5.24. The molecule has 0 amide bonds. The monoisotopic (exact) mass is 277 g/mol. The molecule has 0 heterocycles. The van der Waals surface area contributed by atoms with Crippen molar-refractivity contribution in [2.75, 3.05) is 16.4 Å². The second kappa shape index (κ2) is 6.23. The third-order valence-corrected chi connectivity index (χ3v) is 4.29. The van der Waals surface area contributed by atoms with E-state index < -0.39 is 10.0 Å². The zero-order valence-electron chi connectivity index (χ0n) is 9.56. The second-order valence-electron chi connectivity index (χ2n) is 3.96. The van der Waals surface area contributed by atoms with E-state index >= 15 is 0 Å². The summed E-state index contributed by atoms with van der Waals surface area (Å²) < 4.78 is 26.0. The number of benzene rings is 1. The summed E-state index contributed by atoms with van der Waals surface area (Å²) in [6.45, 7) is 1.56. The van der Waals surface area contributed by atoms with Gasteiger partial charge in [-0.3, -0.25) is 4.72 Å². The average molecular weight is 278 g/mol. The molecule has 96 valence electrons. The van der Waals surface area contributed by atoms with Crippen molar-refractivity contribution in [3.8, 4) is 0 Å². The fourth-order valence-electron chi connectivity index (χ4n) is 1.39. The minimum absolute atomic E-state index is 0.0315. The summed E-state index contributed by atoms with van der Waals surface area (Å²) >= 11 is 5.59. The maximum Gasteiger partial charge on any atom is 0.233 e. The lowest BCUT2D eigenvalue weighted by Gasteiger charge is -2.13. The van der Waals surface area contributed by atoms with Crippen molar-refractivity contribution in [1.82, 2.24) is 0 Å². The van der Waals surface area contributed by atoms with E-state index in [1.165, 1.54) is 0 Å². The molecular weight excluding hydrogens is 262 g/mol. The molecule has 0 fully saturated rings. The molecule has 0 aliphatic carbocycles. The second-order valence-corrected chi connectivity index (χ2v) is 6.03. The zero-order valence-corrected chi connectivity index (χ0v) is 11.1. The van der Waals surface area contributed by atoms with Crippen molar-refractivity contribution < 1.29 is 13.5 Å². The highest BCUT2D eigenvalue weighted by atomic mass is 35.5. The summed E-state index contributed by atoms with van der Waals surface area (Å²) in [6.07, 6.45) is 0. The van der Waals surface area contributed by atoms with E-state index in [4.69, 9.17) is 16.7 Å². The molecule has 0 aliphatic heterocycles. The predicted molar refractivity (Wildman–Crippen MR) is 69.7 cm³/mol. The molecule has 0 spiro atoms. The van der Waals surface area contributed by atoms with Gasteiger partial charge in [-0.1, -0.05) is 25.1 Å². The van der Waals surface area contributed by atoms with E-state index in [1.807, 2.05) is 0 Å². The van der Waals surface area contributed by atoms with Crippen molar-refractivity contribution in [2.24, 2.45) is 5.92 Å². The van der Waals surface area contributed by atoms with E-state index in [1.54, 1.807) is 31.2 Å². The normalized spacial score (nSPS) is 13.4. The zero-order chi connectivity index (χ0) is 12.9. The summed E-state index contributed by atoms with van der Waals surface area (Å²) in [7, 11) is -3.42. The van der Waals surface area contributed by atoms with Crippen molar-refractivity contribution in [1.29, 1.82) is 0 Å². The standard InChI is InChI=1S/C11H16ClNO3S/c1-9(6-12)8-17(15,16)13-11-5-3-2-4-10(11)7-14/h2-5,9,13-14H,6-8H2,1H3. The lowest BCUT2D eigenvalue weighted by atomic mass is 10.2. The molecular formula is C11H16ClNO3S. The van der Waals surface area contributed by atoms with Gasteiger partial charge in [0, 0.05) is 11.4 Å². The van der Waals surface area contributed by atoms with Crippen LogP contribution in [-0.2, 0) is 16.6 Å². The van der Waals surface area contributed by atoms with Gasteiger partial charge in [0.25, 0.3) is 0 Å². The van der Waals surface area contributed by atoms with Gasteiger partial charge >= 0.3 is 0 Å². The number of hydrogen-bond acceptors (Lipinski definition) is 3. The topological polar surface area (TPSA) is 66.4 Å². The van der Waals surface area contributed by atoms with Gasteiger partial charge in [-0.2, -0.15) is 0 Å². The van der Waals surface area contributed by atoms with Crippen molar-refractivity contribution >= 4 is 27.3 Å². The third-order valence-electron chi connectivity index (χ3n) is 2.22. The number of alkyl halides is 1. The number of hydrogen-bond donors (Lipinski definition) is 2. The molecule has 4 nitrogen and oxygen atoms in total. The maximum absolute atomic E-state index is 11.8. The Morgan fingerprint density at radius 1 is 1.41 bits per heavy atom. The van der Waals surface area contributed by atoms with Crippen LogP contribution < -0.4 is 4.72 Å². The number of halogens is 1. The first-order valence-corrected chi connectivity index (χ1v) is 7.42. The quantitative estimate of drug-likeness (QED) is 0.779. The van der Waals surface area contributed by atoms with Gasteiger partial charge in [-0.05, 0) is 12.0 Å². The highest BCUT2D eigenvalue weighted by Gasteiger charge is 2.16. The molecule has 1 unspecified atom stereocenters. The van der Waals surface area contributed by atoms with Crippen molar-refractivity contribution in [3.05, 3.63) is 29.8 Å². The number of rotatable bonds is 6. The molecule has 0 saturated heterocycles. The van der Waals surface area contributed by atoms with Crippen LogP contribution in [0.25, 0.3) is 0 Å². The average Bonchev–Trinajstić information content (AvgIpc) is 2.28. The fourth-order valence-corrected chi connectivity index (χ4v) is 3.11. The van der Waals surface area contributed by atoms with Gasteiger partial charge in [0.1, 0.15) is 0 Å². The van der Waals surface area contributed by atoms with Gasteiger partial charge in [-0.15, -0.1) is 11.6 Å². The molecule has 17 heavy (non-hydrogen) atoms. The Bertz CT molecular complexity index is 462. The summed E-state index contributed by atoms with van der Waals surface area (Å²) in [5.41, 5.74) is 0.964. The van der Waals surface area contributed by atoms with Crippen LogP contribution in [-0.4, -0.2) is 25.2 Å². The Balaban J connectivity index is 2.83. The van der Waals surface area contributed by atoms with E-state index in [0.717, 1.165) is 0 Å². The molecule has 1 aromatic rings. The number of nitrogens with one attached hydrogen (secondary N) is 1. The van der Waals surface area contributed by atoms with Crippen LogP contribution in [0.15, 0.2) is 24.3 Å². The van der Waals surface area contributed by atoms with Gasteiger partial charge in [0.15, 0.2) is 0 Å². The molecule has 1 aromatic carbocycles. The lowest BCUT2D eigenvalue weighted by molar-refractivity contribution is 0.282. The largest absolute Gasteiger partial charge is 0.392 e. The minimum atomic E-state index is -3.42. The van der Waals surface area contributed by atoms with Crippen molar-refractivity contribution in [3.63, 3.8) is 0 Å². The van der Waals surface area contributed by atoms with Crippen LogP contribution in [0.5, 0.6) is 0 Å². The SMILES string of the molecule is CC(CCl)CS(=O)(=O)Nc1ccccc1CO. The highest BCUT2D eigenvalue weighted by molar-refractivity contribution is 7.92. The Hall–Kier alpha value is -0.780. The number of anilines is 1. The van der Waals surface area contributed by atoms with E-state index in [-0.39, 0.29) is 18.3 Å². The maximum atomic E-state index is 11.8. The molecule has 1 rings (SSSR count). The van der Waals surface area contributed by atoms with Crippen molar-refractivity contribution in [2.45, 2.75) is 13.5 Å². The molecule has 1 atom stereocenters. The predicted octanol–water partition coefficient (Wildman–Crippen LogP) is 1.80. The molecule has 0 radical (unpaired) electrons. The summed E-state index contributed by atoms with van der Waals surface area (Å²) in [5, 5.41) is 9.09. The Morgan fingerprint density at radius 3 is 2.65 bits per heavy atom. The lowest BCUT2D eigenvalue weighted by Crippen LogP contribution is -2.22. The number of para-hydroxylation sites is 1. The molecule has 0 aliphatic rings. The molecule has 0 bridgehead atoms. The molecule has 0 aromatic heterocycles. The highest BCUT2D eigenvalue weighted by Crippen LogP contribution is 2.17. The number of aliphatic hydroxyl groups excluding tert-OH is 1. The van der Waals surface area contributed by atoms with Gasteiger partial charge in [-0.25, -0.2) is 8.42 Å². The Labute approximate surface area is 107 Å². The summed E-state index contributed by atoms with van der Waals surface area (Å²) in [6, 6.07) is 6.74. The van der Waals surface area contributed by atoms with Gasteiger partial charge in [0.2, 0.25) is 10.0 Å². The molecule has 0 saturated carbocycles. The first-order valence-electron chi connectivity index (χ1n) is 5.23.